The molecule has 0 spiro atoms. The van der Waals surface area contributed by atoms with E-state index in [2.05, 4.69) is 25.2 Å². The van der Waals surface area contributed by atoms with Gasteiger partial charge in [-0.25, -0.2) is 19.9 Å². The van der Waals surface area contributed by atoms with Crippen molar-refractivity contribution in [1.29, 1.82) is 0 Å². The second kappa shape index (κ2) is 11.5. The summed E-state index contributed by atoms with van der Waals surface area (Å²) in [6, 6.07) is 11.5. The molecule has 4 aromatic heterocycles. The van der Waals surface area contributed by atoms with Crippen LogP contribution in [0.2, 0.25) is 0 Å². The maximum absolute atomic E-state index is 12.9. The SMILES string of the molecule is Cc1cc(Nc2ncnc3cc4c(nc23)N2CCN(C(=O)/C=C/CN(C)C)[C@H](CO4)C2)ccc1Oc1ccn2ccnc2c1. The molecule has 1 amide bonds. The average molecular weight is 592 g/mol. The van der Waals surface area contributed by atoms with Crippen molar-refractivity contribution in [2.45, 2.75) is 13.0 Å². The summed E-state index contributed by atoms with van der Waals surface area (Å²) in [4.78, 5) is 37.4. The zero-order valence-electron chi connectivity index (χ0n) is 24.8. The number of benzene rings is 1. The van der Waals surface area contributed by atoms with Crippen molar-refractivity contribution in [3.8, 4) is 17.2 Å². The lowest BCUT2D eigenvalue weighted by Gasteiger charge is -2.39. The molecule has 2 bridgehead atoms. The summed E-state index contributed by atoms with van der Waals surface area (Å²) in [5, 5.41) is 3.42. The number of ether oxygens (including phenoxy) is 2. The van der Waals surface area contributed by atoms with E-state index < -0.39 is 0 Å². The van der Waals surface area contributed by atoms with Crippen LogP contribution in [0.1, 0.15) is 5.56 Å². The van der Waals surface area contributed by atoms with Crippen LogP contribution in [0.3, 0.4) is 0 Å². The first-order valence-electron chi connectivity index (χ1n) is 14.5. The number of carbonyl (C=O) groups is 1. The number of nitrogens with zero attached hydrogens (tertiary/aromatic N) is 8. The van der Waals surface area contributed by atoms with E-state index in [0.717, 1.165) is 34.2 Å². The molecule has 1 fully saturated rings. The van der Waals surface area contributed by atoms with Crippen molar-refractivity contribution < 1.29 is 14.3 Å². The fraction of sp³-hybridized carbons (Fsp3) is 0.281. The highest BCUT2D eigenvalue weighted by Gasteiger charge is 2.35. The standard InChI is InChI=1S/C32H33N9O3/c1-21-15-22(6-7-26(21)44-24-8-11-39-12-9-33-28(39)16-24)36-31-30-25(34-20-35-31)17-27-32(37-30)40-13-14-41(23(18-40)19-43-27)29(42)5-4-10-38(2)3/h4-9,11-12,15-17,20,23H,10,13-14,18-19H2,1-3H3,(H,34,35,36)/b5-4+/t23-/m0/s1. The van der Waals surface area contributed by atoms with Crippen LogP contribution in [-0.2, 0) is 4.79 Å². The number of piperazine rings is 1. The molecule has 5 aromatic rings. The van der Waals surface area contributed by atoms with Crippen LogP contribution in [0.4, 0.5) is 17.3 Å². The van der Waals surface area contributed by atoms with Crippen molar-refractivity contribution in [2.24, 2.45) is 0 Å². The smallest absolute Gasteiger partial charge is 0.246 e. The molecule has 7 rings (SSSR count). The highest BCUT2D eigenvalue weighted by Crippen LogP contribution is 2.36. The van der Waals surface area contributed by atoms with Gasteiger partial charge in [0.1, 0.15) is 35.6 Å². The normalized spacial score (nSPS) is 16.3. The van der Waals surface area contributed by atoms with Gasteiger partial charge in [-0.2, -0.15) is 0 Å². The van der Waals surface area contributed by atoms with E-state index in [-0.39, 0.29) is 11.9 Å². The third-order valence-electron chi connectivity index (χ3n) is 7.82. The van der Waals surface area contributed by atoms with Crippen LogP contribution in [0.15, 0.2) is 73.5 Å². The topological polar surface area (TPSA) is 113 Å². The van der Waals surface area contributed by atoms with Gasteiger partial charge in [0.25, 0.3) is 0 Å². The summed E-state index contributed by atoms with van der Waals surface area (Å²) < 4.78 is 14.3. The van der Waals surface area contributed by atoms with Crippen molar-refractivity contribution in [3.05, 3.63) is 79.0 Å². The molecule has 12 heteroatoms. The summed E-state index contributed by atoms with van der Waals surface area (Å²) in [7, 11) is 3.95. The van der Waals surface area contributed by atoms with Crippen LogP contribution < -0.4 is 19.7 Å². The Morgan fingerprint density at radius 1 is 1.14 bits per heavy atom. The van der Waals surface area contributed by atoms with E-state index in [1.807, 2.05) is 90.1 Å². The fourth-order valence-electron chi connectivity index (χ4n) is 5.57. The van der Waals surface area contributed by atoms with Gasteiger partial charge in [-0.05, 0) is 50.8 Å². The first kappa shape index (κ1) is 27.6. The molecule has 6 heterocycles. The number of likely N-dealkylation sites (N-methyl/N-ethyl adjacent to an activating group) is 1. The largest absolute Gasteiger partial charge is 0.487 e. The molecule has 1 atom stereocenters. The Kier molecular flexibility index (Phi) is 7.18. The van der Waals surface area contributed by atoms with E-state index in [0.29, 0.717) is 55.4 Å². The molecule has 0 saturated carbocycles. The molecule has 1 N–H and O–H groups in total. The summed E-state index contributed by atoms with van der Waals surface area (Å²) >= 11 is 0. The van der Waals surface area contributed by atoms with Gasteiger partial charge in [0.2, 0.25) is 5.91 Å². The first-order chi connectivity index (χ1) is 21.4. The number of aromatic nitrogens is 5. The van der Waals surface area contributed by atoms with Gasteiger partial charge < -0.3 is 33.9 Å². The Morgan fingerprint density at radius 2 is 2.05 bits per heavy atom. The van der Waals surface area contributed by atoms with E-state index >= 15 is 0 Å². The number of amides is 1. The number of carbonyl (C=O) groups excluding carboxylic acids is 1. The van der Waals surface area contributed by atoms with E-state index in [9.17, 15) is 4.79 Å². The summed E-state index contributed by atoms with van der Waals surface area (Å²) in [6.07, 6.45) is 10.7. The molecule has 224 valence electrons. The molecule has 44 heavy (non-hydrogen) atoms. The quantitative estimate of drug-likeness (QED) is 0.278. The second-order valence-corrected chi connectivity index (χ2v) is 11.3. The van der Waals surface area contributed by atoms with Gasteiger partial charge in [0, 0.05) is 68.7 Å². The van der Waals surface area contributed by atoms with Crippen LogP contribution in [0.5, 0.6) is 17.2 Å². The average Bonchev–Trinajstić information content (AvgIpc) is 3.44. The Morgan fingerprint density at radius 3 is 2.91 bits per heavy atom. The molecule has 12 nitrogen and oxygen atoms in total. The van der Waals surface area contributed by atoms with Crippen LogP contribution >= 0.6 is 0 Å². The number of rotatable bonds is 7. The molecule has 2 aliphatic rings. The van der Waals surface area contributed by atoms with E-state index in [1.165, 1.54) is 6.33 Å². The van der Waals surface area contributed by atoms with Gasteiger partial charge in [0.15, 0.2) is 17.4 Å². The Labute approximate surface area is 254 Å². The minimum absolute atomic E-state index is 0.00679. The Hall–Kier alpha value is -5.23. The molecule has 0 radical (unpaired) electrons. The predicted octanol–water partition coefficient (Wildman–Crippen LogP) is 4.04. The van der Waals surface area contributed by atoms with Crippen LogP contribution in [0.25, 0.3) is 16.7 Å². The number of fused-ring (bicyclic) bond motifs is 6. The number of aryl methyl sites for hydroxylation is 1. The lowest BCUT2D eigenvalue weighted by molar-refractivity contribution is -0.129. The molecular weight excluding hydrogens is 558 g/mol. The van der Waals surface area contributed by atoms with E-state index in [1.54, 1.807) is 12.3 Å². The number of imidazole rings is 1. The maximum atomic E-state index is 12.9. The van der Waals surface area contributed by atoms with Gasteiger partial charge in [0.05, 0.1) is 11.6 Å². The number of hydrogen-bond donors (Lipinski definition) is 1. The molecule has 1 aromatic carbocycles. The Balaban J connectivity index is 1.10. The summed E-state index contributed by atoms with van der Waals surface area (Å²) in [5.74, 6) is 3.47. The maximum Gasteiger partial charge on any atom is 0.246 e. The highest BCUT2D eigenvalue weighted by atomic mass is 16.5. The van der Waals surface area contributed by atoms with Crippen molar-refractivity contribution >= 4 is 39.9 Å². The van der Waals surface area contributed by atoms with Crippen molar-refractivity contribution in [2.75, 3.05) is 57.1 Å². The second-order valence-electron chi connectivity index (χ2n) is 11.3. The molecule has 2 aliphatic heterocycles. The van der Waals surface area contributed by atoms with Gasteiger partial charge in [-0.15, -0.1) is 0 Å². The van der Waals surface area contributed by atoms with Crippen molar-refractivity contribution in [3.63, 3.8) is 0 Å². The molecule has 0 unspecified atom stereocenters. The molecule has 1 saturated heterocycles. The summed E-state index contributed by atoms with van der Waals surface area (Å²) in [6.45, 7) is 5.00. The number of pyridine rings is 2. The molecule has 0 aliphatic carbocycles. The van der Waals surface area contributed by atoms with Gasteiger partial charge >= 0.3 is 0 Å². The monoisotopic (exact) mass is 591 g/mol. The van der Waals surface area contributed by atoms with Crippen molar-refractivity contribution in [1.82, 2.24) is 34.1 Å². The van der Waals surface area contributed by atoms with Gasteiger partial charge in [-0.1, -0.05) is 6.08 Å². The third-order valence-corrected chi connectivity index (χ3v) is 7.82. The summed E-state index contributed by atoms with van der Waals surface area (Å²) in [5.41, 5.74) is 3.94. The number of hydrogen-bond acceptors (Lipinski definition) is 10. The minimum Gasteiger partial charge on any atom is -0.487 e. The number of anilines is 3. The minimum atomic E-state index is -0.0772. The van der Waals surface area contributed by atoms with Gasteiger partial charge in [-0.3, -0.25) is 4.79 Å². The van der Waals surface area contributed by atoms with E-state index in [4.69, 9.17) is 14.5 Å². The first-order valence-corrected chi connectivity index (χ1v) is 14.5. The lowest BCUT2D eigenvalue weighted by atomic mass is 10.1. The predicted molar refractivity (Wildman–Crippen MR) is 168 cm³/mol. The Bertz CT molecular complexity index is 1890. The third kappa shape index (κ3) is 5.47. The van der Waals surface area contributed by atoms with Crippen LogP contribution in [0, 0.1) is 6.92 Å². The molecular formula is C32H33N9O3. The lowest BCUT2D eigenvalue weighted by Crippen LogP contribution is -2.56. The van der Waals surface area contributed by atoms with Crippen LogP contribution in [-0.4, -0.2) is 93.0 Å². The zero-order chi connectivity index (χ0) is 30.2. The fourth-order valence-corrected chi connectivity index (χ4v) is 5.57. The highest BCUT2D eigenvalue weighted by molar-refractivity contribution is 5.90. The number of nitrogens with one attached hydrogen (secondary N) is 1. The zero-order valence-corrected chi connectivity index (χ0v) is 24.8.